The van der Waals surface area contributed by atoms with Crippen molar-refractivity contribution in [3.05, 3.63) is 58.6 Å². The molecule has 2 aromatic carbocycles. The van der Waals surface area contributed by atoms with Gasteiger partial charge in [0.15, 0.2) is 0 Å². The topological polar surface area (TPSA) is 29.5 Å². The molecule has 108 valence electrons. The van der Waals surface area contributed by atoms with Gasteiger partial charge in [0.25, 0.3) is 0 Å². The first-order chi connectivity index (χ1) is 10.2. The Balaban J connectivity index is 1.62. The van der Waals surface area contributed by atoms with Crippen LogP contribution in [0.3, 0.4) is 0 Å². The molecule has 0 aromatic heterocycles. The Labute approximate surface area is 132 Å². The summed E-state index contributed by atoms with van der Waals surface area (Å²) in [6.07, 6.45) is 1.60. The molecule has 3 nitrogen and oxygen atoms in total. The second-order valence-corrected chi connectivity index (χ2v) is 5.97. The lowest BCUT2D eigenvalue weighted by Crippen LogP contribution is -2.23. The van der Waals surface area contributed by atoms with E-state index in [2.05, 4.69) is 15.9 Å². The molecule has 1 heterocycles. The van der Waals surface area contributed by atoms with Gasteiger partial charge in [-0.15, -0.1) is 0 Å². The average molecular weight is 346 g/mol. The van der Waals surface area contributed by atoms with E-state index in [1.807, 2.05) is 53.4 Å². The summed E-state index contributed by atoms with van der Waals surface area (Å²) in [5.74, 6) is 1.02. The fourth-order valence-electron chi connectivity index (χ4n) is 2.39. The zero-order chi connectivity index (χ0) is 14.7. The molecule has 1 saturated heterocycles. The summed E-state index contributed by atoms with van der Waals surface area (Å²) in [6.45, 7) is 1.35. The monoisotopic (exact) mass is 345 g/mol. The average Bonchev–Trinajstić information content (AvgIpc) is 2.93. The number of nitrogens with zero attached hydrogens (tertiary/aromatic N) is 1. The molecule has 1 amide bonds. The molecule has 0 atom stereocenters. The molecule has 0 bridgehead atoms. The minimum absolute atomic E-state index is 0.207. The van der Waals surface area contributed by atoms with Crippen molar-refractivity contribution in [1.82, 2.24) is 0 Å². The van der Waals surface area contributed by atoms with Crippen molar-refractivity contribution >= 4 is 27.5 Å². The van der Waals surface area contributed by atoms with Crippen molar-refractivity contribution in [2.24, 2.45) is 0 Å². The van der Waals surface area contributed by atoms with Crippen LogP contribution in [0.2, 0.25) is 0 Å². The van der Waals surface area contributed by atoms with Gasteiger partial charge in [0.2, 0.25) is 5.91 Å². The molecule has 21 heavy (non-hydrogen) atoms. The van der Waals surface area contributed by atoms with Crippen molar-refractivity contribution in [2.75, 3.05) is 11.4 Å². The second-order valence-electron chi connectivity index (χ2n) is 5.06. The summed E-state index contributed by atoms with van der Waals surface area (Å²) in [7, 11) is 0. The summed E-state index contributed by atoms with van der Waals surface area (Å²) in [5, 5.41) is 0. The van der Waals surface area contributed by atoms with E-state index >= 15 is 0 Å². The summed E-state index contributed by atoms with van der Waals surface area (Å²) >= 11 is 3.41. The fourth-order valence-corrected chi connectivity index (χ4v) is 2.66. The van der Waals surface area contributed by atoms with Crippen LogP contribution in [0.15, 0.2) is 53.0 Å². The third-order valence-corrected chi connectivity index (χ3v) is 4.07. The Hall–Kier alpha value is -1.81. The summed E-state index contributed by atoms with van der Waals surface area (Å²) < 4.78 is 6.82. The van der Waals surface area contributed by atoms with Crippen molar-refractivity contribution in [3.63, 3.8) is 0 Å². The van der Waals surface area contributed by atoms with E-state index in [9.17, 15) is 4.79 Å². The zero-order valence-corrected chi connectivity index (χ0v) is 13.2. The van der Waals surface area contributed by atoms with Crippen LogP contribution in [0.4, 0.5) is 5.69 Å². The molecule has 0 aliphatic carbocycles. The predicted octanol–water partition coefficient (Wildman–Crippen LogP) is 4.15. The first kappa shape index (κ1) is 14.1. The number of carbonyl (C=O) groups is 1. The van der Waals surface area contributed by atoms with Gasteiger partial charge >= 0.3 is 0 Å². The van der Waals surface area contributed by atoms with Gasteiger partial charge in [0, 0.05) is 23.1 Å². The molecule has 0 spiro atoms. The third-order valence-electron chi connectivity index (χ3n) is 3.54. The number of ether oxygens (including phenoxy) is 1. The SMILES string of the molecule is O=C1CCCN1c1ccc(OCc2ccc(Br)cc2)cc1. The highest BCUT2D eigenvalue weighted by Crippen LogP contribution is 2.24. The van der Waals surface area contributed by atoms with Crippen LogP contribution in [0, 0.1) is 0 Å². The lowest BCUT2D eigenvalue weighted by molar-refractivity contribution is -0.117. The van der Waals surface area contributed by atoms with Gasteiger partial charge in [0.1, 0.15) is 12.4 Å². The largest absolute Gasteiger partial charge is 0.489 e. The van der Waals surface area contributed by atoms with Gasteiger partial charge in [0.05, 0.1) is 0 Å². The molecular formula is C17H16BrNO2. The lowest BCUT2D eigenvalue weighted by atomic mass is 10.2. The van der Waals surface area contributed by atoms with Gasteiger partial charge < -0.3 is 9.64 Å². The van der Waals surface area contributed by atoms with Gasteiger partial charge in [-0.05, 0) is 48.4 Å². The molecule has 1 aliphatic rings. The summed E-state index contributed by atoms with van der Waals surface area (Å²) in [5.41, 5.74) is 2.07. The maximum Gasteiger partial charge on any atom is 0.227 e. The van der Waals surface area contributed by atoms with Crippen LogP contribution in [-0.2, 0) is 11.4 Å². The zero-order valence-electron chi connectivity index (χ0n) is 11.6. The Morgan fingerprint density at radius 2 is 1.76 bits per heavy atom. The van der Waals surface area contributed by atoms with Crippen LogP contribution in [0.5, 0.6) is 5.75 Å². The van der Waals surface area contributed by atoms with E-state index in [0.29, 0.717) is 13.0 Å². The van der Waals surface area contributed by atoms with Crippen molar-refractivity contribution in [1.29, 1.82) is 0 Å². The Morgan fingerprint density at radius 1 is 1.05 bits per heavy atom. The van der Waals surface area contributed by atoms with Crippen LogP contribution >= 0.6 is 15.9 Å². The van der Waals surface area contributed by atoms with Crippen LogP contribution < -0.4 is 9.64 Å². The van der Waals surface area contributed by atoms with Gasteiger partial charge in [-0.2, -0.15) is 0 Å². The maximum atomic E-state index is 11.7. The third kappa shape index (κ3) is 3.45. The molecule has 3 rings (SSSR count). The molecule has 0 saturated carbocycles. The highest BCUT2D eigenvalue weighted by molar-refractivity contribution is 9.10. The predicted molar refractivity (Wildman–Crippen MR) is 86.5 cm³/mol. The van der Waals surface area contributed by atoms with E-state index in [-0.39, 0.29) is 5.91 Å². The van der Waals surface area contributed by atoms with Gasteiger partial charge in [-0.25, -0.2) is 0 Å². The maximum absolute atomic E-state index is 11.7. The van der Waals surface area contributed by atoms with Crippen molar-refractivity contribution in [2.45, 2.75) is 19.4 Å². The summed E-state index contributed by atoms with van der Waals surface area (Å²) in [4.78, 5) is 13.5. The number of benzene rings is 2. The number of halogens is 1. The number of amides is 1. The number of carbonyl (C=O) groups excluding carboxylic acids is 1. The highest BCUT2D eigenvalue weighted by Gasteiger charge is 2.21. The van der Waals surface area contributed by atoms with E-state index < -0.39 is 0 Å². The van der Waals surface area contributed by atoms with E-state index in [4.69, 9.17) is 4.74 Å². The Bertz CT molecular complexity index is 622. The first-order valence-corrected chi connectivity index (χ1v) is 7.79. The molecule has 4 heteroatoms. The molecule has 0 unspecified atom stereocenters. The van der Waals surface area contributed by atoms with E-state index in [1.54, 1.807) is 0 Å². The van der Waals surface area contributed by atoms with Crippen molar-refractivity contribution in [3.8, 4) is 5.75 Å². The number of rotatable bonds is 4. The Kier molecular flexibility index (Phi) is 4.25. The number of hydrogen-bond donors (Lipinski definition) is 0. The second kappa shape index (κ2) is 6.31. The highest BCUT2D eigenvalue weighted by atomic mass is 79.9. The molecule has 1 aliphatic heterocycles. The van der Waals surface area contributed by atoms with Gasteiger partial charge in [-0.3, -0.25) is 4.79 Å². The van der Waals surface area contributed by atoms with Crippen LogP contribution in [0.1, 0.15) is 18.4 Å². The number of anilines is 1. The first-order valence-electron chi connectivity index (χ1n) is 7.00. The Morgan fingerprint density at radius 3 is 2.38 bits per heavy atom. The molecule has 0 N–H and O–H groups in total. The quantitative estimate of drug-likeness (QED) is 0.832. The van der Waals surface area contributed by atoms with E-state index in [1.165, 1.54) is 0 Å². The van der Waals surface area contributed by atoms with E-state index in [0.717, 1.165) is 34.4 Å². The minimum atomic E-state index is 0.207. The molecule has 0 radical (unpaired) electrons. The fraction of sp³-hybridized carbons (Fsp3) is 0.235. The number of hydrogen-bond acceptors (Lipinski definition) is 2. The molecular weight excluding hydrogens is 330 g/mol. The standard InChI is InChI=1S/C17H16BrNO2/c18-14-5-3-13(4-6-14)12-21-16-9-7-15(8-10-16)19-11-1-2-17(19)20/h3-10H,1-2,11-12H2. The van der Waals surface area contributed by atoms with Crippen LogP contribution in [0.25, 0.3) is 0 Å². The smallest absolute Gasteiger partial charge is 0.227 e. The normalized spacial score (nSPS) is 14.5. The van der Waals surface area contributed by atoms with Crippen LogP contribution in [-0.4, -0.2) is 12.5 Å². The lowest BCUT2D eigenvalue weighted by Gasteiger charge is -2.16. The molecule has 1 fully saturated rings. The summed E-state index contributed by atoms with van der Waals surface area (Å²) in [6, 6.07) is 15.8. The van der Waals surface area contributed by atoms with Gasteiger partial charge in [-0.1, -0.05) is 28.1 Å². The minimum Gasteiger partial charge on any atom is -0.489 e. The van der Waals surface area contributed by atoms with Crippen molar-refractivity contribution < 1.29 is 9.53 Å². The molecule has 2 aromatic rings.